The second-order valence-electron chi connectivity index (χ2n) is 5.57. The molecule has 0 aliphatic heterocycles. The number of para-hydroxylation sites is 1. The Labute approximate surface area is 158 Å². The standard InChI is InChI=1S/C18H14N6O2S/c1-12-16(27-17(20-12)14-9-5-6-10-19-14)18(25)26-11-15-21-22-23-24(15)13-7-3-2-4-8-13/h2-10H,11H2,1H3. The van der Waals surface area contributed by atoms with Crippen LogP contribution in [0.25, 0.3) is 16.4 Å². The molecule has 0 atom stereocenters. The molecule has 0 radical (unpaired) electrons. The van der Waals surface area contributed by atoms with Gasteiger partial charge in [-0.3, -0.25) is 4.98 Å². The van der Waals surface area contributed by atoms with Crippen LogP contribution in [0.15, 0.2) is 54.7 Å². The van der Waals surface area contributed by atoms with E-state index in [1.165, 1.54) is 16.0 Å². The van der Waals surface area contributed by atoms with Gasteiger partial charge in [-0.05, 0) is 41.6 Å². The van der Waals surface area contributed by atoms with Gasteiger partial charge in [0.1, 0.15) is 9.88 Å². The molecule has 0 saturated heterocycles. The van der Waals surface area contributed by atoms with Crippen LogP contribution in [-0.4, -0.2) is 36.1 Å². The zero-order valence-corrected chi connectivity index (χ0v) is 15.1. The van der Waals surface area contributed by atoms with Crippen molar-refractivity contribution in [1.29, 1.82) is 0 Å². The zero-order valence-electron chi connectivity index (χ0n) is 14.3. The van der Waals surface area contributed by atoms with Crippen molar-refractivity contribution in [3.8, 4) is 16.4 Å². The molecule has 8 nitrogen and oxygen atoms in total. The van der Waals surface area contributed by atoms with Gasteiger partial charge in [-0.2, -0.15) is 4.68 Å². The molecule has 3 aromatic heterocycles. The van der Waals surface area contributed by atoms with Crippen molar-refractivity contribution in [2.75, 3.05) is 0 Å². The van der Waals surface area contributed by atoms with Gasteiger partial charge in [0.25, 0.3) is 0 Å². The minimum Gasteiger partial charge on any atom is -0.453 e. The first-order valence-corrected chi connectivity index (χ1v) is 8.92. The number of rotatable bonds is 5. The molecular weight excluding hydrogens is 364 g/mol. The van der Waals surface area contributed by atoms with Crippen LogP contribution in [0.4, 0.5) is 0 Å². The largest absolute Gasteiger partial charge is 0.453 e. The number of esters is 1. The zero-order chi connectivity index (χ0) is 18.6. The maximum absolute atomic E-state index is 12.5. The Hall–Kier alpha value is -3.46. The summed E-state index contributed by atoms with van der Waals surface area (Å²) in [4.78, 5) is 21.6. The molecule has 0 spiro atoms. The van der Waals surface area contributed by atoms with E-state index >= 15 is 0 Å². The first-order chi connectivity index (χ1) is 13.2. The predicted octanol–water partition coefficient (Wildman–Crippen LogP) is 2.85. The van der Waals surface area contributed by atoms with Crippen LogP contribution >= 0.6 is 11.3 Å². The van der Waals surface area contributed by atoms with Gasteiger partial charge in [0, 0.05) is 6.20 Å². The van der Waals surface area contributed by atoms with E-state index in [1.54, 1.807) is 13.1 Å². The van der Waals surface area contributed by atoms with Crippen molar-refractivity contribution in [2.24, 2.45) is 0 Å². The maximum Gasteiger partial charge on any atom is 0.350 e. The van der Waals surface area contributed by atoms with E-state index in [4.69, 9.17) is 4.74 Å². The van der Waals surface area contributed by atoms with Crippen molar-refractivity contribution in [2.45, 2.75) is 13.5 Å². The van der Waals surface area contributed by atoms with Gasteiger partial charge in [0.05, 0.1) is 17.1 Å². The summed E-state index contributed by atoms with van der Waals surface area (Å²) in [7, 11) is 0. The quantitative estimate of drug-likeness (QED) is 0.493. The van der Waals surface area contributed by atoms with Crippen molar-refractivity contribution in [1.82, 2.24) is 30.2 Å². The number of benzene rings is 1. The Morgan fingerprint density at radius 3 is 2.74 bits per heavy atom. The van der Waals surface area contributed by atoms with Crippen LogP contribution in [0.5, 0.6) is 0 Å². The third kappa shape index (κ3) is 3.58. The molecule has 27 heavy (non-hydrogen) atoms. The molecule has 4 rings (SSSR count). The fourth-order valence-electron chi connectivity index (χ4n) is 2.45. The van der Waals surface area contributed by atoms with Gasteiger partial charge >= 0.3 is 5.97 Å². The average molecular weight is 378 g/mol. The normalized spacial score (nSPS) is 10.7. The molecule has 0 unspecified atom stereocenters. The van der Waals surface area contributed by atoms with Gasteiger partial charge < -0.3 is 4.74 Å². The maximum atomic E-state index is 12.5. The minimum absolute atomic E-state index is 0.0447. The molecule has 0 N–H and O–H groups in total. The lowest BCUT2D eigenvalue weighted by molar-refractivity contribution is 0.0464. The number of hydrogen-bond donors (Lipinski definition) is 0. The molecule has 3 heterocycles. The number of nitrogens with zero attached hydrogens (tertiary/aromatic N) is 6. The van der Waals surface area contributed by atoms with Crippen LogP contribution in [0, 0.1) is 6.92 Å². The van der Waals surface area contributed by atoms with Gasteiger partial charge in [-0.15, -0.1) is 16.4 Å². The summed E-state index contributed by atoms with van der Waals surface area (Å²) in [5, 5.41) is 12.2. The van der Waals surface area contributed by atoms with E-state index in [9.17, 15) is 4.79 Å². The average Bonchev–Trinajstić information content (AvgIpc) is 3.34. The Bertz CT molecular complexity index is 1060. The Kier molecular flexibility index (Phi) is 4.67. The van der Waals surface area contributed by atoms with Gasteiger partial charge in [-0.25, -0.2) is 9.78 Å². The summed E-state index contributed by atoms with van der Waals surface area (Å²) in [6.45, 7) is 1.73. The number of aromatic nitrogens is 6. The van der Waals surface area contributed by atoms with Crippen LogP contribution < -0.4 is 0 Å². The van der Waals surface area contributed by atoms with Crippen molar-refractivity contribution in [3.63, 3.8) is 0 Å². The molecule has 4 aromatic rings. The van der Waals surface area contributed by atoms with E-state index in [-0.39, 0.29) is 6.61 Å². The second-order valence-corrected chi connectivity index (χ2v) is 6.57. The molecule has 0 fully saturated rings. The third-order valence-electron chi connectivity index (χ3n) is 3.73. The molecule has 1 aromatic carbocycles. The number of thiazole rings is 1. The fourth-order valence-corrected chi connectivity index (χ4v) is 3.38. The van der Waals surface area contributed by atoms with Crippen LogP contribution in [0.2, 0.25) is 0 Å². The molecule has 134 valence electrons. The minimum atomic E-state index is -0.463. The topological polar surface area (TPSA) is 95.7 Å². The molecule has 0 saturated carbocycles. The van der Waals surface area contributed by atoms with Crippen molar-refractivity contribution >= 4 is 17.3 Å². The second kappa shape index (κ2) is 7.42. The highest BCUT2D eigenvalue weighted by Gasteiger charge is 2.19. The number of ether oxygens (including phenoxy) is 1. The molecule has 0 aliphatic rings. The van der Waals surface area contributed by atoms with E-state index in [0.717, 1.165) is 11.4 Å². The monoisotopic (exact) mass is 378 g/mol. The number of pyridine rings is 1. The molecule has 0 bridgehead atoms. The van der Waals surface area contributed by atoms with Crippen molar-refractivity contribution < 1.29 is 9.53 Å². The first kappa shape index (κ1) is 17.0. The van der Waals surface area contributed by atoms with E-state index in [0.29, 0.717) is 21.4 Å². The SMILES string of the molecule is Cc1nc(-c2ccccn2)sc1C(=O)OCc1nnnn1-c1ccccc1. The van der Waals surface area contributed by atoms with E-state index in [2.05, 4.69) is 25.5 Å². The Morgan fingerprint density at radius 1 is 1.15 bits per heavy atom. The third-order valence-corrected chi connectivity index (χ3v) is 4.89. The molecule has 9 heteroatoms. The Morgan fingerprint density at radius 2 is 1.96 bits per heavy atom. The molecular formula is C18H14N6O2S. The van der Waals surface area contributed by atoms with Gasteiger partial charge in [-0.1, -0.05) is 24.3 Å². The smallest absolute Gasteiger partial charge is 0.350 e. The summed E-state index contributed by atoms with van der Waals surface area (Å²) in [5.74, 6) is -0.0311. The summed E-state index contributed by atoms with van der Waals surface area (Å²) >= 11 is 1.25. The number of carbonyl (C=O) groups is 1. The van der Waals surface area contributed by atoms with E-state index < -0.39 is 5.97 Å². The first-order valence-electron chi connectivity index (χ1n) is 8.11. The molecule has 0 amide bonds. The van der Waals surface area contributed by atoms with Crippen LogP contribution in [0.3, 0.4) is 0 Å². The summed E-state index contributed by atoms with van der Waals surface area (Å²) in [6.07, 6.45) is 1.69. The van der Waals surface area contributed by atoms with Crippen molar-refractivity contribution in [3.05, 3.63) is 71.1 Å². The fraction of sp³-hybridized carbons (Fsp3) is 0.111. The summed E-state index contributed by atoms with van der Waals surface area (Å²) < 4.78 is 6.95. The lowest BCUT2D eigenvalue weighted by Crippen LogP contribution is -2.09. The number of tetrazole rings is 1. The predicted molar refractivity (Wildman–Crippen MR) is 98.4 cm³/mol. The Balaban J connectivity index is 1.50. The highest BCUT2D eigenvalue weighted by atomic mass is 32.1. The molecule has 0 aliphatic carbocycles. The highest BCUT2D eigenvalue weighted by Crippen LogP contribution is 2.27. The summed E-state index contributed by atoms with van der Waals surface area (Å²) in [5.41, 5.74) is 2.12. The van der Waals surface area contributed by atoms with Gasteiger partial charge in [0.15, 0.2) is 12.4 Å². The van der Waals surface area contributed by atoms with E-state index in [1.807, 2.05) is 48.5 Å². The highest BCUT2D eigenvalue weighted by molar-refractivity contribution is 7.17. The number of hydrogen-bond acceptors (Lipinski definition) is 8. The van der Waals surface area contributed by atoms with Crippen LogP contribution in [0.1, 0.15) is 21.2 Å². The lowest BCUT2D eigenvalue weighted by atomic mass is 10.3. The lowest BCUT2D eigenvalue weighted by Gasteiger charge is -2.05. The summed E-state index contributed by atoms with van der Waals surface area (Å²) in [6, 6.07) is 15.0. The van der Waals surface area contributed by atoms with Crippen LogP contribution in [-0.2, 0) is 11.3 Å². The van der Waals surface area contributed by atoms with Gasteiger partial charge in [0.2, 0.25) is 0 Å². The number of aryl methyl sites for hydroxylation is 1. The number of carbonyl (C=O) groups excluding carboxylic acids is 1.